The molecule has 27 heavy (non-hydrogen) atoms. The number of benzene rings is 1. The van der Waals surface area contributed by atoms with E-state index in [2.05, 4.69) is 5.10 Å². The van der Waals surface area contributed by atoms with Crippen LogP contribution in [0.4, 0.5) is 0 Å². The molecule has 0 N–H and O–H groups in total. The lowest BCUT2D eigenvalue weighted by Crippen LogP contribution is -2.43. The number of hydrogen-bond acceptors (Lipinski definition) is 5. The first-order valence-corrected chi connectivity index (χ1v) is 10.3. The van der Waals surface area contributed by atoms with Crippen molar-refractivity contribution in [2.24, 2.45) is 7.05 Å². The number of rotatable bonds is 5. The Morgan fingerprint density at radius 1 is 1.15 bits per heavy atom. The van der Waals surface area contributed by atoms with E-state index in [1.807, 2.05) is 18.2 Å². The predicted molar refractivity (Wildman–Crippen MR) is 99.7 cm³/mol. The second-order valence-electron chi connectivity index (χ2n) is 6.51. The van der Waals surface area contributed by atoms with Gasteiger partial charge in [0.2, 0.25) is 10.0 Å². The van der Waals surface area contributed by atoms with Gasteiger partial charge >= 0.3 is 0 Å². The van der Waals surface area contributed by atoms with Gasteiger partial charge < -0.3 is 9.64 Å². The van der Waals surface area contributed by atoms with Gasteiger partial charge in [-0.15, -0.1) is 0 Å². The SMILES string of the molecule is CC(Oc1ccccc1)C(=O)N1CCCN(S(=O)(=O)c2cnn(C)c2)CC1. The number of aryl methyl sites for hydroxylation is 1. The van der Waals surface area contributed by atoms with Gasteiger partial charge in [0.1, 0.15) is 10.6 Å². The van der Waals surface area contributed by atoms with Crippen LogP contribution in [0.5, 0.6) is 5.75 Å². The molecular formula is C18H24N4O4S. The average Bonchev–Trinajstić information content (AvgIpc) is 2.95. The molecule has 1 aromatic heterocycles. The van der Waals surface area contributed by atoms with Gasteiger partial charge in [-0.25, -0.2) is 8.42 Å². The summed E-state index contributed by atoms with van der Waals surface area (Å²) in [5, 5.41) is 3.94. The number of carbonyl (C=O) groups excluding carboxylic acids is 1. The summed E-state index contributed by atoms with van der Waals surface area (Å²) in [5.41, 5.74) is 0. The first kappa shape index (κ1) is 19.4. The predicted octanol–water partition coefficient (Wildman–Crippen LogP) is 1.11. The quantitative estimate of drug-likeness (QED) is 0.761. The van der Waals surface area contributed by atoms with E-state index in [-0.39, 0.29) is 17.3 Å². The van der Waals surface area contributed by atoms with Crippen molar-refractivity contribution in [2.45, 2.75) is 24.3 Å². The highest BCUT2D eigenvalue weighted by Gasteiger charge is 2.30. The van der Waals surface area contributed by atoms with Crippen LogP contribution in [0.2, 0.25) is 0 Å². The summed E-state index contributed by atoms with van der Waals surface area (Å²) in [6.45, 7) is 3.17. The highest BCUT2D eigenvalue weighted by atomic mass is 32.2. The lowest BCUT2D eigenvalue weighted by molar-refractivity contribution is -0.137. The smallest absolute Gasteiger partial charge is 0.263 e. The van der Waals surface area contributed by atoms with Crippen molar-refractivity contribution in [1.29, 1.82) is 0 Å². The van der Waals surface area contributed by atoms with Gasteiger partial charge in [0.15, 0.2) is 6.10 Å². The van der Waals surface area contributed by atoms with Gasteiger partial charge in [-0.3, -0.25) is 9.48 Å². The Morgan fingerprint density at radius 2 is 1.89 bits per heavy atom. The number of hydrogen-bond donors (Lipinski definition) is 0. The highest BCUT2D eigenvalue weighted by Crippen LogP contribution is 2.18. The number of para-hydroxylation sites is 1. The molecule has 1 unspecified atom stereocenters. The summed E-state index contributed by atoms with van der Waals surface area (Å²) in [6.07, 6.45) is 2.77. The highest BCUT2D eigenvalue weighted by molar-refractivity contribution is 7.89. The molecular weight excluding hydrogens is 368 g/mol. The van der Waals surface area contributed by atoms with Crippen molar-refractivity contribution in [3.8, 4) is 5.75 Å². The van der Waals surface area contributed by atoms with Crippen LogP contribution in [0.15, 0.2) is 47.6 Å². The molecule has 2 aromatic rings. The second kappa shape index (κ2) is 8.10. The van der Waals surface area contributed by atoms with E-state index in [9.17, 15) is 13.2 Å². The molecule has 1 aromatic carbocycles. The van der Waals surface area contributed by atoms with Crippen molar-refractivity contribution in [1.82, 2.24) is 19.0 Å². The summed E-state index contributed by atoms with van der Waals surface area (Å²) in [5.74, 6) is 0.494. The van der Waals surface area contributed by atoms with Crippen molar-refractivity contribution in [3.05, 3.63) is 42.7 Å². The molecule has 0 aliphatic carbocycles. The maximum atomic E-state index is 12.7. The molecule has 1 aliphatic heterocycles. The molecule has 1 saturated heterocycles. The first-order chi connectivity index (χ1) is 12.9. The zero-order chi connectivity index (χ0) is 19.4. The zero-order valence-electron chi connectivity index (χ0n) is 15.5. The van der Waals surface area contributed by atoms with E-state index in [0.29, 0.717) is 31.8 Å². The van der Waals surface area contributed by atoms with Gasteiger partial charge in [0, 0.05) is 39.4 Å². The normalized spacial score (nSPS) is 17.3. The van der Waals surface area contributed by atoms with E-state index < -0.39 is 16.1 Å². The van der Waals surface area contributed by atoms with Crippen LogP contribution in [0, 0.1) is 0 Å². The summed E-state index contributed by atoms with van der Waals surface area (Å²) in [4.78, 5) is 14.5. The first-order valence-electron chi connectivity index (χ1n) is 8.87. The Kier molecular flexibility index (Phi) is 5.81. The molecule has 9 heteroatoms. The van der Waals surface area contributed by atoms with Gasteiger partial charge in [-0.1, -0.05) is 18.2 Å². The lowest BCUT2D eigenvalue weighted by Gasteiger charge is -2.25. The molecule has 1 fully saturated rings. The summed E-state index contributed by atoms with van der Waals surface area (Å²) >= 11 is 0. The molecule has 146 valence electrons. The fourth-order valence-corrected chi connectivity index (χ4v) is 4.50. The number of sulfonamides is 1. The van der Waals surface area contributed by atoms with E-state index >= 15 is 0 Å². The zero-order valence-corrected chi connectivity index (χ0v) is 16.3. The van der Waals surface area contributed by atoms with Crippen LogP contribution in [0.3, 0.4) is 0 Å². The topological polar surface area (TPSA) is 84.7 Å². The van der Waals surface area contributed by atoms with E-state index in [4.69, 9.17) is 4.74 Å². The number of amides is 1. The molecule has 1 atom stereocenters. The maximum absolute atomic E-state index is 12.7. The average molecular weight is 392 g/mol. The van der Waals surface area contributed by atoms with Crippen LogP contribution < -0.4 is 4.74 Å². The Morgan fingerprint density at radius 3 is 2.56 bits per heavy atom. The van der Waals surface area contributed by atoms with Crippen molar-refractivity contribution in [3.63, 3.8) is 0 Å². The number of carbonyl (C=O) groups is 1. The molecule has 1 aliphatic rings. The fraction of sp³-hybridized carbons (Fsp3) is 0.444. The third-order valence-corrected chi connectivity index (χ3v) is 6.34. The fourth-order valence-electron chi connectivity index (χ4n) is 3.05. The van der Waals surface area contributed by atoms with Crippen LogP contribution in [0.25, 0.3) is 0 Å². The Bertz CT molecular complexity index is 882. The standard InChI is InChI=1S/C18H24N4O4S/c1-15(26-16-7-4-3-5-8-16)18(23)21-9-6-10-22(12-11-21)27(24,25)17-13-19-20(2)14-17/h3-5,7-8,13-15H,6,9-12H2,1-2H3. The van der Waals surface area contributed by atoms with Crippen molar-refractivity contribution >= 4 is 15.9 Å². The maximum Gasteiger partial charge on any atom is 0.263 e. The van der Waals surface area contributed by atoms with Gasteiger partial charge in [-0.2, -0.15) is 9.40 Å². The molecule has 3 rings (SSSR count). The molecule has 1 amide bonds. The minimum Gasteiger partial charge on any atom is -0.481 e. The Hall–Kier alpha value is -2.39. The number of aromatic nitrogens is 2. The van der Waals surface area contributed by atoms with Crippen molar-refractivity contribution < 1.29 is 17.9 Å². The molecule has 0 spiro atoms. The Labute approximate surface area is 159 Å². The van der Waals surface area contributed by atoms with Gasteiger partial charge in [0.05, 0.1) is 6.20 Å². The van der Waals surface area contributed by atoms with Crippen LogP contribution >= 0.6 is 0 Å². The summed E-state index contributed by atoms with van der Waals surface area (Å²) in [7, 11) is -1.93. The summed E-state index contributed by atoms with van der Waals surface area (Å²) in [6, 6.07) is 9.17. The van der Waals surface area contributed by atoms with E-state index in [1.54, 1.807) is 31.0 Å². The number of ether oxygens (including phenoxy) is 1. The largest absolute Gasteiger partial charge is 0.481 e. The van der Waals surface area contributed by atoms with Crippen LogP contribution in [-0.4, -0.2) is 65.6 Å². The third-order valence-electron chi connectivity index (χ3n) is 4.49. The summed E-state index contributed by atoms with van der Waals surface area (Å²) < 4.78 is 34.1. The molecule has 2 heterocycles. The lowest BCUT2D eigenvalue weighted by atomic mass is 10.3. The number of nitrogens with zero attached hydrogens (tertiary/aromatic N) is 4. The molecule has 0 radical (unpaired) electrons. The van der Waals surface area contributed by atoms with Crippen molar-refractivity contribution in [2.75, 3.05) is 26.2 Å². The van der Waals surface area contributed by atoms with E-state index in [0.717, 1.165) is 0 Å². The molecule has 0 bridgehead atoms. The third kappa shape index (κ3) is 4.48. The van der Waals surface area contributed by atoms with Crippen LogP contribution in [-0.2, 0) is 21.9 Å². The minimum atomic E-state index is -3.60. The van der Waals surface area contributed by atoms with Crippen LogP contribution in [0.1, 0.15) is 13.3 Å². The monoisotopic (exact) mass is 392 g/mol. The van der Waals surface area contributed by atoms with E-state index in [1.165, 1.54) is 21.4 Å². The molecule has 0 saturated carbocycles. The Balaban J connectivity index is 1.63. The second-order valence-corrected chi connectivity index (χ2v) is 8.44. The molecule has 8 nitrogen and oxygen atoms in total. The minimum absolute atomic E-state index is 0.139. The van der Waals surface area contributed by atoms with Gasteiger partial charge in [0.25, 0.3) is 5.91 Å². The van der Waals surface area contributed by atoms with Gasteiger partial charge in [-0.05, 0) is 25.5 Å².